The normalized spacial score (nSPS) is 15.2. The van der Waals surface area contributed by atoms with Crippen molar-refractivity contribution in [1.29, 1.82) is 0 Å². The molecule has 1 fully saturated rings. The molecule has 0 saturated carbocycles. The Morgan fingerprint density at radius 1 is 1.06 bits per heavy atom. The highest BCUT2D eigenvalue weighted by molar-refractivity contribution is 7.89. The fourth-order valence-electron chi connectivity index (χ4n) is 3.66. The van der Waals surface area contributed by atoms with Crippen LogP contribution in [0.1, 0.15) is 36.0 Å². The average Bonchev–Trinajstić information content (AvgIpc) is 3.20. The summed E-state index contributed by atoms with van der Waals surface area (Å²) in [7, 11) is -2.34. The Bertz CT molecular complexity index is 1170. The van der Waals surface area contributed by atoms with E-state index in [0.717, 1.165) is 36.9 Å². The lowest BCUT2D eigenvalue weighted by atomic mass is 10.1. The van der Waals surface area contributed by atoms with Gasteiger partial charge in [-0.05, 0) is 54.7 Å². The molecule has 4 rings (SSSR count). The van der Waals surface area contributed by atoms with E-state index in [1.165, 1.54) is 35.1 Å². The maximum Gasteiger partial charge on any atom is 0.255 e. The van der Waals surface area contributed by atoms with Crippen LogP contribution in [0.25, 0.3) is 11.3 Å². The van der Waals surface area contributed by atoms with Crippen molar-refractivity contribution in [2.24, 2.45) is 0 Å². The van der Waals surface area contributed by atoms with Crippen LogP contribution in [-0.2, 0) is 10.0 Å². The van der Waals surface area contributed by atoms with E-state index in [-0.39, 0.29) is 16.2 Å². The van der Waals surface area contributed by atoms with Gasteiger partial charge in [-0.2, -0.15) is 4.31 Å². The van der Waals surface area contributed by atoms with Crippen molar-refractivity contribution in [2.75, 3.05) is 25.5 Å². The topological polar surface area (TPSA) is 101 Å². The molecule has 1 aliphatic rings. The van der Waals surface area contributed by atoms with Gasteiger partial charge in [-0.3, -0.25) is 4.79 Å². The molecule has 0 unspecified atom stereocenters. The maximum atomic E-state index is 13.3. The van der Waals surface area contributed by atoms with Gasteiger partial charge in [0.1, 0.15) is 16.3 Å². The molecule has 1 saturated heterocycles. The molecule has 0 aliphatic carbocycles. The monoisotopic (exact) mass is 472 g/mol. The van der Waals surface area contributed by atoms with Crippen molar-refractivity contribution in [3.63, 3.8) is 0 Å². The molecule has 0 spiro atoms. The summed E-state index contributed by atoms with van der Waals surface area (Å²) in [6, 6.07) is 11.7. The van der Waals surface area contributed by atoms with Crippen LogP contribution < -0.4 is 10.1 Å². The van der Waals surface area contributed by atoms with Crippen molar-refractivity contribution in [3.05, 3.63) is 53.4 Å². The third-order valence-corrected chi connectivity index (χ3v) is 7.83. The number of ether oxygens (including phenoxy) is 1. The number of nitrogens with zero attached hydrogens (tertiary/aromatic N) is 3. The molecule has 168 valence electrons. The van der Waals surface area contributed by atoms with Gasteiger partial charge < -0.3 is 10.1 Å². The molecule has 1 aliphatic heterocycles. The van der Waals surface area contributed by atoms with E-state index in [9.17, 15) is 13.2 Å². The highest BCUT2D eigenvalue weighted by atomic mass is 32.2. The summed E-state index contributed by atoms with van der Waals surface area (Å²) < 4.78 is 37.3. The molecular formula is C22H24N4O4S2. The van der Waals surface area contributed by atoms with Crippen LogP contribution in [-0.4, -0.2) is 48.4 Å². The summed E-state index contributed by atoms with van der Waals surface area (Å²) in [5, 5.41) is 8.69. The number of carbonyl (C=O) groups is 1. The van der Waals surface area contributed by atoms with Gasteiger partial charge in [0, 0.05) is 35.3 Å². The molecule has 2 heterocycles. The summed E-state index contributed by atoms with van der Waals surface area (Å²) >= 11 is 1.27. The molecular weight excluding hydrogens is 448 g/mol. The number of sulfonamides is 1. The minimum atomic E-state index is -3.77. The molecule has 0 radical (unpaired) electrons. The zero-order valence-corrected chi connectivity index (χ0v) is 19.3. The Labute approximate surface area is 191 Å². The number of amides is 1. The SMILES string of the molecule is COc1ccc(C(=O)Nc2ccc(-c3csnn3)cc2)cc1S(=O)(=O)N1CCCCCC1. The van der Waals surface area contributed by atoms with Crippen LogP contribution in [0.15, 0.2) is 52.7 Å². The summed E-state index contributed by atoms with van der Waals surface area (Å²) in [5.74, 6) is -0.171. The van der Waals surface area contributed by atoms with Crippen LogP contribution >= 0.6 is 11.5 Å². The second-order valence-electron chi connectivity index (χ2n) is 7.51. The minimum Gasteiger partial charge on any atom is -0.495 e. The largest absolute Gasteiger partial charge is 0.495 e. The number of rotatable bonds is 6. The van der Waals surface area contributed by atoms with Gasteiger partial charge >= 0.3 is 0 Å². The second-order valence-corrected chi connectivity index (χ2v) is 10.0. The standard InChI is InChI=1S/C22H24N4O4S2/c1-30-20-11-8-17(14-21(20)32(28,29)26-12-4-2-3-5-13-26)22(27)23-18-9-6-16(7-10-18)19-15-31-25-24-19/h6-11,14-15H,2-5,12-13H2,1H3,(H,23,27). The van der Waals surface area contributed by atoms with E-state index in [4.69, 9.17) is 4.74 Å². The lowest BCUT2D eigenvalue weighted by Crippen LogP contribution is -2.32. The molecule has 3 aromatic rings. The van der Waals surface area contributed by atoms with E-state index in [1.807, 2.05) is 17.5 Å². The zero-order chi connectivity index (χ0) is 22.6. The fraction of sp³-hybridized carbons (Fsp3) is 0.318. The summed E-state index contributed by atoms with van der Waals surface area (Å²) in [6.45, 7) is 0.950. The molecule has 2 aromatic carbocycles. The maximum absolute atomic E-state index is 13.3. The molecule has 1 N–H and O–H groups in total. The van der Waals surface area contributed by atoms with Gasteiger partial charge in [0.2, 0.25) is 10.0 Å². The number of benzene rings is 2. The lowest BCUT2D eigenvalue weighted by Gasteiger charge is -2.21. The molecule has 32 heavy (non-hydrogen) atoms. The fourth-order valence-corrected chi connectivity index (χ4v) is 5.82. The molecule has 0 bridgehead atoms. The summed E-state index contributed by atoms with van der Waals surface area (Å²) in [6.07, 6.45) is 3.69. The van der Waals surface area contributed by atoms with Crippen molar-refractivity contribution < 1.29 is 17.9 Å². The van der Waals surface area contributed by atoms with Crippen molar-refractivity contribution in [3.8, 4) is 17.0 Å². The Balaban J connectivity index is 1.56. The van der Waals surface area contributed by atoms with Gasteiger partial charge in [0.05, 0.1) is 7.11 Å². The summed E-state index contributed by atoms with van der Waals surface area (Å²) in [5.41, 5.74) is 2.50. The molecule has 1 amide bonds. The van der Waals surface area contributed by atoms with Gasteiger partial charge in [-0.15, -0.1) is 5.10 Å². The van der Waals surface area contributed by atoms with Gasteiger partial charge in [-0.1, -0.05) is 29.5 Å². The van der Waals surface area contributed by atoms with E-state index in [0.29, 0.717) is 18.8 Å². The highest BCUT2D eigenvalue weighted by Gasteiger charge is 2.29. The Morgan fingerprint density at radius 2 is 1.78 bits per heavy atom. The van der Waals surface area contributed by atoms with Crippen LogP contribution in [0, 0.1) is 0 Å². The molecule has 1 aromatic heterocycles. The average molecular weight is 473 g/mol. The second kappa shape index (κ2) is 9.76. The number of hydrogen-bond acceptors (Lipinski definition) is 7. The number of methoxy groups -OCH3 is 1. The van der Waals surface area contributed by atoms with Crippen LogP contribution in [0.5, 0.6) is 5.75 Å². The summed E-state index contributed by atoms with van der Waals surface area (Å²) in [4.78, 5) is 12.9. The third kappa shape index (κ3) is 4.82. The molecule has 0 atom stereocenters. The van der Waals surface area contributed by atoms with Crippen molar-refractivity contribution in [1.82, 2.24) is 13.9 Å². The lowest BCUT2D eigenvalue weighted by molar-refractivity contribution is 0.102. The first kappa shape index (κ1) is 22.4. The van der Waals surface area contributed by atoms with E-state index < -0.39 is 15.9 Å². The van der Waals surface area contributed by atoms with Crippen molar-refractivity contribution in [2.45, 2.75) is 30.6 Å². The minimum absolute atomic E-state index is 0.0148. The quantitative estimate of drug-likeness (QED) is 0.581. The van der Waals surface area contributed by atoms with Gasteiger partial charge in [0.15, 0.2) is 0 Å². The number of carbonyl (C=O) groups excluding carboxylic acids is 1. The first-order chi connectivity index (χ1) is 15.5. The highest BCUT2D eigenvalue weighted by Crippen LogP contribution is 2.30. The van der Waals surface area contributed by atoms with E-state index >= 15 is 0 Å². The molecule has 10 heteroatoms. The third-order valence-electron chi connectivity index (χ3n) is 5.41. The van der Waals surface area contributed by atoms with Crippen LogP contribution in [0.2, 0.25) is 0 Å². The molecule has 8 nitrogen and oxygen atoms in total. The number of hydrogen-bond donors (Lipinski definition) is 1. The number of anilines is 1. The first-order valence-corrected chi connectivity index (χ1v) is 12.6. The van der Waals surface area contributed by atoms with Gasteiger partial charge in [-0.25, -0.2) is 8.42 Å². The number of nitrogens with one attached hydrogen (secondary N) is 1. The van der Waals surface area contributed by atoms with Crippen molar-refractivity contribution >= 4 is 33.2 Å². The predicted molar refractivity (Wildman–Crippen MR) is 124 cm³/mol. The Morgan fingerprint density at radius 3 is 2.41 bits per heavy atom. The zero-order valence-electron chi connectivity index (χ0n) is 17.7. The first-order valence-electron chi connectivity index (χ1n) is 10.4. The Hall–Kier alpha value is -2.82. The van der Waals surface area contributed by atoms with E-state index in [2.05, 4.69) is 14.9 Å². The van der Waals surface area contributed by atoms with Crippen LogP contribution in [0.3, 0.4) is 0 Å². The number of aromatic nitrogens is 2. The smallest absolute Gasteiger partial charge is 0.255 e. The van der Waals surface area contributed by atoms with Gasteiger partial charge in [0.25, 0.3) is 5.91 Å². The predicted octanol–water partition coefficient (Wildman–Crippen LogP) is 4.03. The Kier molecular flexibility index (Phi) is 6.83. The van der Waals surface area contributed by atoms with E-state index in [1.54, 1.807) is 18.2 Å². The van der Waals surface area contributed by atoms with Crippen LogP contribution in [0.4, 0.5) is 5.69 Å².